The molecule has 140 valence electrons. The lowest BCUT2D eigenvalue weighted by Crippen LogP contribution is -2.41. The Hall–Kier alpha value is -3.06. The molecule has 0 spiro atoms. The van der Waals surface area contributed by atoms with Crippen LogP contribution in [0.25, 0.3) is 0 Å². The maximum absolute atomic E-state index is 13.6. The predicted octanol–water partition coefficient (Wildman–Crippen LogP) is 2.79. The number of amides is 2. The number of morpholine rings is 1. The Labute approximate surface area is 155 Å². The van der Waals surface area contributed by atoms with Crippen LogP contribution in [0, 0.1) is 5.82 Å². The molecule has 0 aromatic heterocycles. The van der Waals surface area contributed by atoms with Gasteiger partial charge in [0.25, 0.3) is 5.91 Å². The van der Waals surface area contributed by atoms with Gasteiger partial charge in [-0.25, -0.2) is 4.39 Å². The number of anilines is 2. The molecule has 1 aliphatic heterocycles. The molecule has 0 saturated carbocycles. The molecule has 27 heavy (non-hydrogen) atoms. The largest absolute Gasteiger partial charge is 0.370 e. The van der Waals surface area contributed by atoms with Gasteiger partial charge in [-0.05, 0) is 36.4 Å². The summed E-state index contributed by atoms with van der Waals surface area (Å²) in [5.74, 6) is -1.44. The molecule has 7 heteroatoms. The molecule has 6 nitrogen and oxygen atoms in total. The van der Waals surface area contributed by atoms with E-state index in [2.05, 4.69) is 5.32 Å². The second-order valence-electron chi connectivity index (χ2n) is 6.10. The number of ketones is 1. The fourth-order valence-electron chi connectivity index (χ4n) is 2.79. The lowest BCUT2D eigenvalue weighted by atomic mass is 10.1. The molecule has 1 heterocycles. The molecular formula is C20H19FN2O4. The number of carbonyl (C=O) groups excluding carboxylic acids is 3. The highest BCUT2D eigenvalue weighted by molar-refractivity contribution is 6.00. The van der Waals surface area contributed by atoms with Gasteiger partial charge in [0.1, 0.15) is 12.4 Å². The monoisotopic (exact) mass is 370 g/mol. The summed E-state index contributed by atoms with van der Waals surface area (Å²) in [6.07, 6.45) is -0.121. The second kappa shape index (κ2) is 8.55. The molecule has 0 aliphatic carbocycles. The fourth-order valence-corrected chi connectivity index (χ4v) is 2.79. The van der Waals surface area contributed by atoms with Gasteiger partial charge in [0.05, 0.1) is 12.2 Å². The molecule has 0 radical (unpaired) electrons. The van der Waals surface area contributed by atoms with Crippen LogP contribution < -0.4 is 10.2 Å². The molecule has 0 atom stereocenters. The van der Waals surface area contributed by atoms with Gasteiger partial charge in [0, 0.05) is 30.8 Å². The zero-order valence-electron chi connectivity index (χ0n) is 14.6. The lowest BCUT2D eigenvalue weighted by Gasteiger charge is -2.26. The van der Waals surface area contributed by atoms with E-state index in [1.54, 1.807) is 35.2 Å². The predicted molar refractivity (Wildman–Crippen MR) is 98.2 cm³/mol. The molecule has 0 unspecified atom stereocenters. The van der Waals surface area contributed by atoms with Crippen LogP contribution >= 0.6 is 0 Å². The Bertz CT molecular complexity index is 851. The number of benzene rings is 2. The SMILES string of the molecule is O=C(CCC(=O)c1ccccc1F)Nc1ccc(N2CCOCC2=O)cc1. The van der Waals surface area contributed by atoms with Crippen molar-refractivity contribution in [2.45, 2.75) is 12.8 Å². The van der Waals surface area contributed by atoms with Gasteiger partial charge in [-0.1, -0.05) is 12.1 Å². The van der Waals surface area contributed by atoms with Crippen molar-refractivity contribution in [1.29, 1.82) is 0 Å². The van der Waals surface area contributed by atoms with Crippen LogP contribution in [0.3, 0.4) is 0 Å². The Kier molecular flexibility index (Phi) is 5.93. The topological polar surface area (TPSA) is 75.7 Å². The normalized spacial score (nSPS) is 14.1. The molecular weight excluding hydrogens is 351 g/mol. The zero-order chi connectivity index (χ0) is 19.2. The zero-order valence-corrected chi connectivity index (χ0v) is 14.6. The third-order valence-electron chi connectivity index (χ3n) is 4.20. The highest BCUT2D eigenvalue weighted by Gasteiger charge is 2.20. The van der Waals surface area contributed by atoms with E-state index in [1.807, 2.05) is 0 Å². The number of hydrogen-bond acceptors (Lipinski definition) is 4. The van der Waals surface area contributed by atoms with Crippen molar-refractivity contribution in [3.8, 4) is 0 Å². The molecule has 1 N–H and O–H groups in total. The molecule has 2 aromatic rings. The quantitative estimate of drug-likeness (QED) is 0.794. The van der Waals surface area contributed by atoms with Gasteiger partial charge in [-0.2, -0.15) is 0 Å². The van der Waals surface area contributed by atoms with Gasteiger partial charge >= 0.3 is 0 Å². The van der Waals surface area contributed by atoms with Gasteiger partial charge in [0.15, 0.2) is 5.78 Å². The van der Waals surface area contributed by atoms with Gasteiger partial charge < -0.3 is 15.0 Å². The Morgan fingerprint density at radius 2 is 1.81 bits per heavy atom. The smallest absolute Gasteiger partial charge is 0.253 e. The molecule has 1 aliphatic rings. The second-order valence-corrected chi connectivity index (χ2v) is 6.10. The molecule has 0 bridgehead atoms. The van der Waals surface area contributed by atoms with Crippen LogP contribution in [-0.2, 0) is 14.3 Å². The number of nitrogens with one attached hydrogen (secondary N) is 1. The number of carbonyl (C=O) groups is 3. The Morgan fingerprint density at radius 3 is 2.52 bits per heavy atom. The molecule has 3 rings (SSSR count). The van der Waals surface area contributed by atoms with Crippen molar-refractivity contribution >= 4 is 29.0 Å². The van der Waals surface area contributed by atoms with E-state index in [1.165, 1.54) is 18.2 Å². The van der Waals surface area contributed by atoms with Crippen molar-refractivity contribution in [2.24, 2.45) is 0 Å². The van der Waals surface area contributed by atoms with Crippen LogP contribution in [-0.4, -0.2) is 37.4 Å². The summed E-state index contributed by atoms with van der Waals surface area (Å²) >= 11 is 0. The third-order valence-corrected chi connectivity index (χ3v) is 4.20. The maximum atomic E-state index is 13.6. The highest BCUT2D eigenvalue weighted by atomic mass is 19.1. The average molecular weight is 370 g/mol. The van der Waals surface area contributed by atoms with Crippen LogP contribution in [0.5, 0.6) is 0 Å². The minimum Gasteiger partial charge on any atom is -0.370 e. The molecule has 2 amide bonds. The van der Waals surface area contributed by atoms with E-state index in [-0.39, 0.29) is 36.8 Å². The summed E-state index contributed by atoms with van der Waals surface area (Å²) in [6, 6.07) is 12.6. The van der Waals surface area contributed by atoms with Crippen molar-refractivity contribution in [2.75, 3.05) is 30.0 Å². The first-order chi connectivity index (χ1) is 13.0. The van der Waals surface area contributed by atoms with Crippen molar-refractivity contribution < 1.29 is 23.5 Å². The van der Waals surface area contributed by atoms with Crippen LogP contribution in [0.15, 0.2) is 48.5 Å². The lowest BCUT2D eigenvalue weighted by molar-refractivity contribution is -0.125. The first-order valence-electron chi connectivity index (χ1n) is 8.60. The first kappa shape index (κ1) is 18.7. The molecule has 2 aromatic carbocycles. The average Bonchev–Trinajstić information content (AvgIpc) is 2.68. The van der Waals surface area contributed by atoms with Crippen molar-refractivity contribution in [3.63, 3.8) is 0 Å². The van der Waals surface area contributed by atoms with E-state index in [0.29, 0.717) is 18.8 Å². The van der Waals surface area contributed by atoms with Gasteiger partial charge in [-0.15, -0.1) is 0 Å². The van der Waals surface area contributed by atoms with E-state index < -0.39 is 11.6 Å². The van der Waals surface area contributed by atoms with E-state index in [4.69, 9.17) is 4.74 Å². The minimum absolute atomic E-state index is 0.00942. The van der Waals surface area contributed by atoms with Crippen molar-refractivity contribution in [1.82, 2.24) is 0 Å². The first-order valence-corrected chi connectivity index (χ1v) is 8.60. The van der Waals surface area contributed by atoms with Gasteiger partial charge in [0.2, 0.25) is 5.91 Å². The summed E-state index contributed by atoms with van der Waals surface area (Å²) in [6.45, 7) is 1.04. The standard InChI is InChI=1S/C20H19FN2O4/c21-17-4-2-1-3-16(17)18(24)9-10-19(25)22-14-5-7-15(8-6-14)23-11-12-27-13-20(23)26/h1-8H,9-13H2,(H,22,25). The number of ether oxygens (including phenoxy) is 1. The van der Waals surface area contributed by atoms with Crippen LogP contribution in [0.2, 0.25) is 0 Å². The fraction of sp³-hybridized carbons (Fsp3) is 0.250. The van der Waals surface area contributed by atoms with E-state index in [9.17, 15) is 18.8 Å². The number of halogens is 1. The number of nitrogens with zero attached hydrogens (tertiary/aromatic N) is 1. The third kappa shape index (κ3) is 4.77. The summed E-state index contributed by atoms with van der Waals surface area (Å²) < 4.78 is 18.7. The van der Waals surface area contributed by atoms with Crippen LogP contribution in [0.1, 0.15) is 23.2 Å². The van der Waals surface area contributed by atoms with Crippen LogP contribution in [0.4, 0.5) is 15.8 Å². The molecule has 1 saturated heterocycles. The van der Waals surface area contributed by atoms with Gasteiger partial charge in [-0.3, -0.25) is 14.4 Å². The minimum atomic E-state index is -0.587. The van der Waals surface area contributed by atoms with Crippen molar-refractivity contribution in [3.05, 3.63) is 59.9 Å². The maximum Gasteiger partial charge on any atom is 0.253 e. The summed E-state index contributed by atoms with van der Waals surface area (Å²) in [4.78, 5) is 37.5. The number of Topliss-reactive ketones (excluding diaryl/α,β-unsaturated/α-hetero) is 1. The summed E-state index contributed by atoms with van der Waals surface area (Å²) in [7, 11) is 0. The molecule has 1 fully saturated rings. The number of hydrogen-bond donors (Lipinski definition) is 1. The Balaban J connectivity index is 1.53. The highest BCUT2D eigenvalue weighted by Crippen LogP contribution is 2.20. The van der Waals surface area contributed by atoms with E-state index >= 15 is 0 Å². The summed E-state index contributed by atoms with van der Waals surface area (Å²) in [5, 5.41) is 2.69. The summed E-state index contributed by atoms with van der Waals surface area (Å²) in [5.41, 5.74) is 1.28. The van der Waals surface area contributed by atoms with E-state index in [0.717, 1.165) is 5.69 Å². The Morgan fingerprint density at radius 1 is 1.07 bits per heavy atom. The number of rotatable bonds is 6.